The minimum absolute atomic E-state index is 0.104. The molecule has 206 valence electrons. The van der Waals surface area contributed by atoms with Gasteiger partial charge in [0.1, 0.15) is 11.9 Å². The van der Waals surface area contributed by atoms with E-state index in [9.17, 15) is 9.59 Å². The van der Waals surface area contributed by atoms with Crippen LogP contribution in [0.5, 0.6) is 0 Å². The van der Waals surface area contributed by atoms with Gasteiger partial charge in [-0.3, -0.25) is 4.79 Å². The van der Waals surface area contributed by atoms with Crippen molar-refractivity contribution < 1.29 is 23.6 Å². The fraction of sp³-hybridized carbons (Fsp3) is 0.607. The topological polar surface area (TPSA) is 115 Å². The first-order valence-corrected chi connectivity index (χ1v) is 13.6. The van der Waals surface area contributed by atoms with Crippen molar-refractivity contribution in [2.45, 2.75) is 90.5 Å². The number of amides is 2. The zero-order chi connectivity index (χ0) is 27.7. The Morgan fingerprint density at radius 1 is 1.05 bits per heavy atom. The number of aromatic amines is 1. The van der Waals surface area contributed by atoms with Crippen LogP contribution in [0, 0.1) is 11.8 Å². The van der Waals surface area contributed by atoms with Crippen LogP contribution in [-0.2, 0) is 18.8 Å². The van der Waals surface area contributed by atoms with E-state index < -0.39 is 30.5 Å². The summed E-state index contributed by atoms with van der Waals surface area (Å²) in [5, 5.41) is 5.83. The number of nitrogens with zero attached hydrogens (tertiary/aromatic N) is 1. The molecule has 2 heterocycles. The van der Waals surface area contributed by atoms with E-state index in [0.29, 0.717) is 0 Å². The van der Waals surface area contributed by atoms with Crippen molar-refractivity contribution in [3.05, 3.63) is 36.3 Å². The molecular weight excluding hydrogens is 483 g/mol. The van der Waals surface area contributed by atoms with Crippen LogP contribution in [0.3, 0.4) is 0 Å². The van der Waals surface area contributed by atoms with Gasteiger partial charge in [0.2, 0.25) is 5.91 Å². The summed E-state index contributed by atoms with van der Waals surface area (Å²) in [6.45, 7) is 12.0. The van der Waals surface area contributed by atoms with E-state index >= 15 is 0 Å². The van der Waals surface area contributed by atoms with Crippen LogP contribution in [0.4, 0.5) is 4.79 Å². The lowest BCUT2D eigenvalue weighted by molar-refractivity contribution is -0.125. The van der Waals surface area contributed by atoms with Crippen LogP contribution in [0.1, 0.15) is 79.1 Å². The van der Waals surface area contributed by atoms with E-state index in [1.165, 1.54) is 7.11 Å². The number of hydrogen-bond acceptors (Lipinski definition) is 6. The fourth-order valence-electron chi connectivity index (χ4n) is 5.10. The number of rotatable bonds is 8. The predicted octanol–water partition coefficient (Wildman–Crippen LogP) is 4.10. The average Bonchev–Trinajstić information content (AvgIpc) is 3.61. The normalized spacial score (nSPS) is 20.4. The number of methoxy groups -OCH3 is 1. The summed E-state index contributed by atoms with van der Waals surface area (Å²) in [6.07, 6.45) is 5.46. The Kier molecular flexibility index (Phi) is 8.23. The molecule has 4 rings (SSSR count). The molecule has 10 heteroatoms. The fourth-order valence-corrected chi connectivity index (χ4v) is 5.10. The minimum atomic E-state index is -0.705. The SMILES string of the molecule is COC(=O)N[C@H](C(=O)NC(c1ncc(-c2ccc(B3OC(C)(C)C(C)(C)O3)cc2)[nH]1)C1CCCC1)C(C)C. The van der Waals surface area contributed by atoms with Crippen LogP contribution >= 0.6 is 0 Å². The van der Waals surface area contributed by atoms with E-state index in [0.717, 1.165) is 48.2 Å². The average molecular weight is 524 g/mol. The number of benzene rings is 1. The van der Waals surface area contributed by atoms with Crippen molar-refractivity contribution in [1.82, 2.24) is 20.6 Å². The summed E-state index contributed by atoms with van der Waals surface area (Å²) in [6, 6.07) is 7.10. The first-order valence-electron chi connectivity index (χ1n) is 13.6. The molecule has 0 spiro atoms. The molecular formula is C28H41BN4O5. The van der Waals surface area contributed by atoms with E-state index in [-0.39, 0.29) is 23.8 Å². The number of nitrogens with one attached hydrogen (secondary N) is 3. The number of aromatic nitrogens is 2. The summed E-state index contributed by atoms with van der Waals surface area (Å²) in [4.78, 5) is 33.2. The van der Waals surface area contributed by atoms with Crippen molar-refractivity contribution in [2.24, 2.45) is 11.8 Å². The van der Waals surface area contributed by atoms with Crippen LogP contribution < -0.4 is 16.1 Å². The molecule has 1 aliphatic carbocycles. The Labute approximate surface area is 225 Å². The van der Waals surface area contributed by atoms with Gasteiger partial charge in [-0.1, -0.05) is 51.0 Å². The van der Waals surface area contributed by atoms with Gasteiger partial charge in [0.25, 0.3) is 0 Å². The quantitative estimate of drug-likeness (QED) is 0.448. The number of imidazole rings is 1. The zero-order valence-electron chi connectivity index (χ0n) is 23.6. The third-order valence-electron chi connectivity index (χ3n) is 8.21. The molecule has 1 saturated carbocycles. The van der Waals surface area contributed by atoms with Gasteiger partial charge in [0.15, 0.2) is 0 Å². The van der Waals surface area contributed by atoms with Gasteiger partial charge in [0, 0.05) is 0 Å². The first kappa shape index (κ1) is 28.2. The second-order valence-corrected chi connectivity index (χ2v) is 11.8. The summed E-state index contributed by atoms with van der Waals surface area (Å²) in [5.74, 6) is 0.644. The number of carbonyl (C=O) groups is 2. The van der Waals surface area contributed by atoms with Crippen LogP contribution in [0.25, 0.3) is 11.3 Å². The maximum Gasteiger partial charge on any atom is 0.494 e. The maximum absolute atomic E-state index is 13.3. The molecule has 38 heavy (non-hydrogen) atoms. The smallest absolute Gasteiger partial charge is 0.453 e. The first-order chi connectivity index (χ1) is 17.9. The Bertz CT molecular complexity index is 1110. The highest BCUT2D eigenvalue weighted by molar-refractivity contribution is 6.62. The molecule has 1 aromatic heterocycles. The molecule has 2 amide bonds. The molecule has 1 aliphatic heterocycles. The molecule has 3 N–H and O–H groups in total. The number of hydrogen-bond donors (Lipinski definition) is 3. The third-order valence-corrected chi connectivity index (χ3v) is 8.21. The third kappa shape index (κ3) is 5.91. The lowest BCUT2D eigenvalue weighted by atomic mass is 9.79. The lowest BCUT2D eigenvalue weighted by Gasteiger charge is -2.32. The molecule has 2 aromatic rings. The zero-order valence-corrected chi connectivity index (χ0v) is 23.6. The standard InChI is InChI=1S/C28H41BN4O5/c1-17(2)22(33-26(35)36-7)25(34)32-23(19-10-8-9-11-19)24-30-16-21(31-24)18-12-14-20(15-13-18)29-37-27(3,4)28(5,6)38-29/h12-17,19,22-23H,8-11H2,1-7H3,(H,30,31)(H,32,34)(H,33,35)/t22-,23?/m0/s1. The highest BCUT2D eigenvalue weighted by Crippen LogP contribution is 2.37. The van der Waals surface area contributed by atoms with Gasteiger partial charge >= 0.3 is 13.2 Å². The molecule has 1 aromatic carbocycles. The van der Waals surface area contributed by atoms with Crippen LogP contribution in [-0.4, -0.2) is 53.4 Å². The van der Waals surface area contributed by atoms with Crippen molar-refractivity contribution in [3.8, 4) is 11.3 Å². The van der Waals surface area contributed by atoms with Gasteiger partial charge in [-0.25, -0.2) is 9.78 Å². The summed E-state index contributed by atoms with van der Waals surface area (Å²) >= 11 is 0. The number of ether oxygens (including phenoxy) is 1. The summed E-state index contributed by atoms with van der Waals surface area (Å²) in [7, 11) is 0.874. The number of alkyl carbamates (subject to hydrolysis) is 1. The van der Waals surface area contributed by atoms with Crippen molar-refractivity contribution >= 4 is 24.6 Å². The highest BCUT2D eigenvalue weighted by atomic mass is 16.7. The number of carbonyl (C=O) groups excluding carboxylic acids is 2. The summed E-state index contributed by atoms with van der Waals surface area (Å²) in [5.41, 5.74) is 2.02. The highest BCUT2D eigenvalue weighted by Gasteiger charge is 2.51. The van der Waals surface area contributed by atoms with Gasteiger partial charge < -0.3 is 29.7 Å². The van der Waals surface area contributed by atoms with Gasteiger partial charge in [-0.15, -0.1) is 0 Å². The molecule has 0 radical (unpaired) electrons. The molecule has 1 unspecified atom stereocenters. The molecule has 2 fully saturated rings. The summed E-state index contributed by atoms with van der Waals surface area (Å²) < 4.78 is 17.1. The number of H-pyrrole nitrogens is 1. The Balaban J connectivity index is 1.51. The van der Waals surface area contributed by atoms with E-state index in [1.807, 2.05) is 65.8 Å². The van der Waals surface area contributed by atoms with Crippen LogP contribution in [0.15, 0.2) is 30.5 Å². The van der Waals surface area contributed by atoms with Gasteiger partial charge in [-0.05, 0) is 63.4 Å². The van der Waals surface area contributed by atoms with Crippen LogP contribution in [0.2, 0.25) is 0 Å². The van der Waals surface area contributed by atoms with Crippen molar-refractivity contribution in [1.29, 1.82) is 0 Å². The minimum Gasteiger partial charge on any atom is -0.453 e. The maximum atomic E-state index is 13.3. The monoisotopic (exact) mass is 524 g/mol. The van der Waals surface area contributed by atoms with Gasteiger partial charge in [0.05, 0.1) is 36.2 Å². The molecule has 9 nitrogen and oxygen atoms in total. The molecule has 0 bridgehead atoms. The van der Waals surface area contributed by atoms with Gasteiger partial charge in [-0.2, -0.15) is 0 Å². The Hall–Kier alpha value is -2.85. The van der Waals surface area contributed by atoms with E-state index in [1.54, 1.807) is 6.20 Å². The second kappa shape index (κ2) is 11.1. The second-order valence-electron chi connectivity index (χ2n) is 11.8. The van der Waals surface area contributed by atoms with Crippen molar-refractivity contribution in [3.63, 3.8) is 0 Å². The molecule has 2 atom stereocenters. The van der Waals surface area contributed by atoms with E-state index in [2.05, 4.69) is 20.6 Å². The van der Waals surface area contributed by atoms with E-state index in [4.69, 9.17) is 14.0 Å². The lowest BCUT2D eigenvalue weighted by Crippen LogP contribution is -2.51. The van der Waals surface area contributed by atoms with Crippen molar-refractivity contribution in [2.75, 3.05) is 7.11 Å². The Morgan fingerprint density at radius 3 is 2.21 bits per heavy atom. The molecule has 2 aliphatic rings. The molecule has 1 saturated heterocycles. The Morgan fingerprint density at radius 2 is 1.66 bits per heavy atom. The predicted molar refractivity (Wildman–Crippen MR) is 147 cm³/mol. The largest absolute Gasteiger partial charge is 0.494 e.